The number of pyridine rings is 1. The number of hydrogen-bond acceptors (Lipinski definition) is 7. The Morgan fingerprint density at radius 2 is 1.72 bits per heavy atom. The first kappa shape index (κ1) is 20.1. The zero-order valence-corrected chi connectivity index (χ0v) is 16.0. The molecule has 1 aromatic heterocycles. The van der Waals surface area contributed by atoms with Gasteiger partial charge in [0, 0.05) is 17.5 Å². The SMILES string of the molecule is CCOC(=O)/C(C1=C([O-])COC1=O)=C(\C(=O)OCC)[n+]1cccc2ccccc21. The minimum atomic E-state index is -0.988. The molecular weight excluding hydrogens is 378 g/mol. The first-order valence-electron chi connectivity index (χ1n) is 9.05. The van der Waals surface area contributed by atoms with Crippen LogP contribution < -0.4 is 9.67 Å². The number of carbonyl (C=O) groups excluding carboxylic acids is 3. The van der Waals surface area contributed by atoms with Gasteiger partial charge in [0.2, 0.25) is 5.52 Å². The Bertz CT molecular complexity index is 1050. The van der Waals surface area contributed by atoms with Crippen molar-refractivity contribution in [2.24, 2.45) is 0 Å². The number of aromatic nitrogens is 1. The number of benzene rings is 1. The van der Waals surface area contributed by atoms with E-state index >= 15 is 0 Å². The van der Waals surface area contributed by atoms with E-state index in [2.05, 4.69) is 0 Å². The van der Waals surface area contributed by atoms with Gasteiger partial charge >= 0.3 is 23.6 Å². The molecule has 2 heterocycles. The summed E-state index contributed by atoms with van der Waals surface area (Å²) in [5.74, 6) is -3.56. The van der Waals surface area contributed by atoms with Gasteiger partial charge in [-0.05, 0) is 26.0 Å². The average molecular weight is 397 g/mol. The summed E-state index contributed by atoms with van der Waals surface area (Å²) in [4.78, 5) is 38.0. The molecule has 8 nitrogen and oxygen atoms in total. The standard InChI is InChI=1S/C21H19NO7/c1-3-27-20(25)17(16-15(23)12-29-19(16)24)18(21(26)28-4-2)22-11-7-9-13-8-5-6-10-14(13)22/h5-11H,3-4,12H2,1-2H3. The molecule has 0 atom stereocenters. The van der Waals surface area contributed by atoms with Gasteiger partial charge in [0.05, 0.1) is 18.8 Å². The molecule has 29 heavy (non-hydrogen) atoms. The highest BCUT2D eigenvalue weighted by Crippen LogP contribution is 2.26. The number of esters is 3. The van der Waals surface area contributed by atoms with E-state index in [1.54, 1.807) is 38.2 Å². The van der Waals surface area contributed by atoms with Crippen LogP contribution in [-0.2, 0) is 28.6 Å². The molecule has 1 aliphatic heterocycles. The van der Waals surface area contributed by atoms with E-state index < -0.39 is 41.4 Å². The van der Waals surface area contributed by atoms with E-state index in [4.69, 9.17) is 14.2 Å². The van der Waals surface area contributed by atoms with Crippen LogP contribution in [0, 0.1) is 0 Å². The third-order valence-corrected chi connectivity index (χ3v) is 4.20. The molecule has 0 bridgehead atoms. The fourth-order valence-corrected chi connectivity index (χ4v) is 3.03. The summed E-state index contributed by atoms with van der Waals surface area (Å²) in [5, 5.41) is 13.1. The maximum absolute atomic E-state index is 12.9. The summed E-state index contributed by atoms with van der Waals surface area (Å²) in [6.07, 6.45) is 1.54. The topological polar surface area (TPSA) is 106 Å². The van der Waals surface area contributed by atoms with Gasteiger partial charge in [-0.25, -0.2) is 14.4 Å². The maximum atomic E-state index is 12.9. The van der Waals surface area contributed by atoms with Crippen molar-refractivity contribution in [1.82, 2.24) is 0 Å². The summed E-state index contributed by atoms with van der Waals surface area (Å²) in [5.41, 5.74) is -0.713. The lowest BCUT2D eigenvalue weighted by Gasteiger charge is -2.13. The molecule has 0 amide bonds. The molecule has 0 N–H and O–H groups in total. The molecule has 0 saturated heterocycles. The van der Waals surface area contributed by atoms with Crippen molar-refractivity contribution in [3.05, 3.63) is 59.5 Å². The summed E-state index contributed by atoms with van der Waals surface area (Å²) >= 11 is 0. The van der Waals surface area contributed by atoms with Crippen LogP contribution in [0.25, 0.3) is 16.6 Å². The van der Waals surface area contributed by atoms with Gasteiger partial charge in [0.25, 0.3) is 0 Å². The van der Waals surface area contributed by atoms with Crippen LogP contribution in [0.1, 0.15) is 13.8 Å². The van der Waals surface area contributed by atoms with Crippen LogP contribution in [0.5, 0.6) is 0 Å². The van der Waals surface area contributed by atoms with Gasteiger partial charge in [-0.1, -0.05) is 17.9 Å². The quantitative estimate of drug-likeness (QED) is 0.305. The fourth-order valence-electron chi connectivity index (χ4n) is 3.03. The van der Waals surface area contributed by atoms with E-state index in [0.717, 1.165) is 5.39 Å². The Morgan fingerprint density at radius 3 is 2.38 bits per heavy atom. The Labute approximate surface area is 166 Å². The van der Waals surface area contributed by atoms with Crippen molar-refractivity contribution in [2.75, 3.05) is 19.8 Å². The molecular formula is C21H19NO7. The second-order valence-electron chi connectivity index (χ2n) is 5.98. The molecule has 0 unspecified atom stereocenters. The average Bonchev–Trinajstić information content (AvgIpc) is 3.04. The predicted molar refractivity (Wildman–Crippen MR) is 98.6 cm³/mol. The molecule has 1 aliphatic rings. The fraction of sp³-hybridized carbons (Fsp3) is 0.238. The molecule has 1 aromatic carbocycles. The molecule has 0 saturated carbocycles. The van der Waals surface area contributed by atoms with Crippen molar-refractivity contribution in [2.45, 2.75) is 13.8 Å². The second kappa shape index (κ2) is 8.55. The van der Waals surface area contributed by atoms with Crippen LogP contribution in [0.3, 0.4) is 0 Å². The van der Waals surface area contributed by atoms with Crippen molar-refractivity contribution in [1.29, 1.82) is 0 Å². The van der Waals surface area contributed by atoms with Crippen LogP contribution in [0.2, 0.25) is 0 Å². The van der Waals surface area contributed by atoms with Crippen LogP contribution in [0.15, 0.2) is 59.5 Å². The number of hydrogen-bond donors (Lipinski definition) is 0. The largest absolute Gasteiger partial charge is 0.873 e. The number of rotatable bonds is 6. The van der Waals surface area contributed by atoms with Gasteiger partial charge in [0.15, 0.2) is 11.8 Å². The predicted octanol–water partition coefficient (Wildman–Crippen LogP) is 0.636. The molecule has 0 radical (unpaired) electrons. The third kappa shape index (κ3) is 3.82. The number of ether oxygens (including phenoxy) is 3. The molecule has 0 spiro atoms. The summed E-state index contributed by atoms with van der Waals surface area (Å²) in [7, 11) is 0. The molecule has 3 rings (SSSR count). The molecule has 0 fully saturated rings. The Morgan fingerprint density at radius 1 is 1.07 bits per heavy atom. The van der Waals surface area contributed by atoms with E-state index in [9.17, 15) is 19.5 Å². The number of para-hydroxylation sites is 1. The second-order valence-corrected chi connectivity index (χ2v) is 5.98. The van der Waals surface area contributed by atoms with Gasteiger partial charge in [-0.15, -0.1) is 0 Å². The van der Waals surface area contributed by atoms with Gasteiger partial charge < -0.3 is 19.3 Å². The van der Waals surface area contributed by atoms with Gasteiger partial charge in [-0.3, -0.25) is 0 Å². The minimum absolute atomic E-state index is 0.0187. The zero-order chi connectivity index (χ0) is 21.0. The Balaban J connectivity index is 2.41. The highest BCUT2D eigenvalue weighted by molar-refractivity contribution is 6.21. The number of fused-ring (bicyclic) bond motifs is 1. The maximum Gasteiger partial charge on any atom is 0.405 e. The molecule has 150 valence electrons. The van der Waals surface area contributed by atoms with Crippen LogP contribution >= 0.6 is 0 Å². The normalized spacial score (nSPS) is 14.5. The lowest BCUT2D eigenvalue weighted by molar-refractivity contribution is -0.550. The molecule has 0 aliphatic carbocycles. The van der Waals surface area contributed by atoms with E-state index in [1.165, 1.54) is 4.57 Å². The Hall–Kier alpha value is -3.68. The van der Waals surface area contributed by atoms with Gasteiger partial charge in [0.1, 0.15) is 6.61 Å². The van der Waals surface area contributed by atoms with Crippen molar-refractivity contribution in [3.8, 4) is 0 Å². The minimum Gasteiger partial charge on any atom is -0.873 e. The lowest BCUT2D eigenvalue weighted by atomic mass is 10.0. The van der Waals surface area contributed by atoms with Crippen molar-refractivity contribution >= 4 is 34.5 Å². The van der Waals surface area contributed by atoms with E-state index in [0.29, 0.717) is 5.52 Å². The highest BCUT2D eigenvalue weighted by atomic mass is 16.6. The van der Waals surface area contributed by atoms with E-state index in [1.807, 2.05) is 18.2 Å². The summed E-state index contributed by atoms with van der Waals surface area (Å²) in [6.45, 7) is 2.68. The number of cyclic esters (lactones) is 1. The van der Waals surface area contributed by atoms with Crippen LogP contribution in [-0.4, -0.2) is 37.7 Å². The molecule has 8 heteroatoms. The number of carbonyl (C=O) groups is 3. The highest BCUT2D eigenvalue weighted by Gasteiger charge is 2.40. The molecule has 2 aromatic rings. The van der Waals surface area contributed by atoms with Crippen molar-refractivity contribution in [3.63, 3.8) is 0 Å². The van der Waals surface area contributed by atoms with Gasteiger partial charge in [-0.2, -0.15) is 4.57 Å². The smallest absolute Gasteiger partial charge is 0.405 e. The van der Waals surface area contributed by atoms with Crippen molar-refractivity contribution < 1.29 is 38.3 Å². The lowest BCUT2D eigenvalue weighted by Crippen LogP contribution is -2.41. The van der Waals surface area contributed by atoms with E-state index in [-0.39, 0.29) is 18.9 Å². The first-order chi connectivity index (χ1) is 14.0. The Kier molecular flexibility index (Phi) is 5.92. The first-order valence-corrected chi connectivity index (χ1v) is 9.05. The zero-order valence-electron chi connectivity index (χ0n) is 16.0. The number of nitrogens with zero attached hydrogens (tertiary/aromatic N) is 1. The third-order valence-electron chi connectivity index (χ3n) is 4.20. The summed E-state index contributed by atoms with van der Waals surface area (Å²) < 4.78 is 16.4. The van der Waals surface area contributed by atoms with Crippen LogP contribution in [0.4, 0.5) is 0 Å². The monoisotopic (exact) mass is 397 g/mol. The summed E-state index contributed by atoms with van der Waals surface area (Å²) in [6, 6.07) is 10.6.